The van der Waals surface area contributed by atoms with Crippen LogP contribution in [0.15, 0.2) is 66.9 Å². The summed E-state index contributed by atoms with van der Waals surface area (Å²) in [5.74, 6) is 1.05. The number of nitrogens with zero attached hydrogens (tertiary/aromatic N) is 3. The second kappa shape index (κ2) is 12.8. The minimum Gasteiger partial charge on any atom is -0.494 e. The summed E-state index contributed by atoms with van der Waals surface area (Å²) in [5.41, 5.74) is 4.05. The Morgan fingerprint density at radius 1 is 0.974 bits per heavy atom. The topological polar surface area (TPSA) is 54.8 Å². The molecule has 2 aromatic carbocycles. The zero-order chi connectivity index (χ0) is 27.1. The predicted molar refractivity (Wildman–Crippen MR) is 152 cm³/mol. The van der Waals surface area contributed by atoms with Crippen molar-refractivity contribution in [2.75, 3.05) is 26.2 Å². The molecule has 0 saturated carbocycles. The Bertz CT molecular complexity index is 1200. The third kappa shape index (κ3) is 6.29. The zero-order valence-electron chi connectivity index (χ0n) is 23.2. The average molecular weight is 516 g/mol. The van der Waals surface area contributed by atoms with Gasteiger partial charge in [-0.1, -0.05) is 58.4 Å². The smallest absolute Gasteiger partial charge is 0.254 e. The summed E-state index contributed by atoms with van der Waals surface area (Å²) in [6.07, 6.45) is 4.93. The van der Waals surface area contributed by atoms with E-state index in [2.05, 4.69) is 61.9 Å². The van der Waals surface area contributed by atoms with Gasteiger partial charge in [0.15, 0.2) is 0 Å². The van der Waals surface area contributed by atoms with Crippen molar-refractivity contribution in [3.8, 4) is 5.75 Å². The summed E-state index contributed by atoms with van der Waals surface area (Å²) >= 11 is 0. The molecule has 3 aromatic rings. The fourth-order valence-corrected chi connectivity index (χ4v) is 5.05. The maximum atomic E-state index is 13.8. The van der Waals surface area contributed by atoms with Crippen molar-refractivity contribution < 1.29 is 14.3 Å². The van der Waals surface area contributed by atoms with Crippen LogP contribution in [0, 0.1) is 0 Å². The maximum absolute atomic E-state index is 13.8. The maximum Gasteiger partial charge on any atom is 0.254 e. The molecule has 1 atom stereocenters. The van der Waals surface area contributed by atoms with Gasteiger partial charge in [-0.2, -0.15) is 0 Å². The van der Waals surface area contributed by atoms with Crippen LogP contribution in [0.1, 0.15) is 86.1 Å². The summed E-state index contributed by atoms with van der Waals surface area (Å²) < 4.78 is 7.97. The first-order valence-corrected chi connectivity index (χ1v) is 14.0. The summed E-state index contributed by atoms with van der Waals surface area (Å²) in [6, 6.07) is 19.8. The van der Waals surface area contributed by atoms with E-state index in [1.807, 2.05) is 30.0 Å². The van der Waals surface area contributed by atoms with E-state index in [0.717, 1.165) is 42.8 Å². The number of benzene rings is 2. The van der Waals surface area contributed by atoms with Crippen LogP contribution >= 0.6 is 0 Å². The molecule has 0 saturated heterocycles. The number of carbonyl (C=O) groups excluding carboxylic acids is 2. The van der Waals surface area contributed by atoms with Gasteiger partial charge in [0.2, 0.25) is 5.91 Å². The van der Waals surface area contributed by atoms with Gasteiger partial charge < -0.3 is 19.1 Å². The molecule has 0 bridgehead atoms. The van der Waals surface area contributed by atoms with Crippen molar-refractivity contribution in [3.63, 3.8) is 0 Å². The summed E-state index contributed by atoms with van der Waals surface area (Å²) in [6.45, 7) is 11.1. The summed E-state index contributed by atoms with van der Waals surface area (Å²) in [7, 11) is 0. The Morgan fingerprint density at radius 3 is 2.37 bits per heavy atom. The molecule has 0 spiro atoms. The molecule has 1 aliphatic rings. The number of ether oxygens (including phenoxy) is 1. The largest absolute Gasteiger partial charge is 0.494 e. The number of unbranched alkanes of at least 4 members (excludes halogenated alkanes) is 1. The Balaban J connectivity index is 1.53. The number of carbonyl (C=O) groups is 2. The zero-order valence-corrected chi connectivity index (χ0v) is 23.2. The molecule has 0 radical (unpaired) electrons. The first-order chi connectivity index (χ1) is 18.4. The quantitative estimate of drug-likeness (QED) is 0.283. The van der Waals surface area contributed by atoms with Gasteiger partial charge in [0.1, 0.15) is 12.3 Å². The van der Waals surface area contributed by atoms with Crippen LogP contribution in [0.2, 0.25) is 0 Å². The Kier molecular flexibility index (Phi) is 9.27. The number of hydrogen-bond acceptors (Lipinski definition) is 3. The Labute approximate surface area is 227 Å². The first-order valence-electron chi connectivity index (χ1n) is 14.0. The van der Waals surface area contributed by atoms with Gasteiger partial charge in [-0.15, -0.1) is 0 Å². The van der Waals surface area contributed by atoms with E-state index >= 15 is 0 Å². The van der Waals surface area contributed by atoms with E-state index in [-0.39, 0.29) is 24.4 Å². The number of aromatic nitrogens is 1. The van der Waals surface area contributed by atoms with Gasteiger partial charge in [-0.25, -0.2) is 0 Å². The Morgan fingerprint density at radius 2 is 1.71 bits per heavy atom. The average Bonchev–Trinajstić information content (AvgIpc) is 3.41. The molecule has 0 fully saturated rings. The van der Waals surface area contributed by atoms with Crippen LogP contribution < -0.4 is 4.74 Å². The van der Waals surface area contributed by atoms with Crippen LogP contribution in [0.4, 0.5) is 0 Å². The van der Waals surface area contributed by atoms with E-state index in [1.165, 1.54) is 5.56 Å². The molecule has 6 heteroatoms. The number of amides is 2. The standard InChI is InChI=1S/C32H41N3O3/c1-5-7-22-38-28-16-14-27(15-17-28)32(37)34(18-6-2)23-30(36)35-21-20-33-19-8-9-29(33)31(35)26-12-10-25(11-13-26)24(3)4/h8-17,19,24,31H,5-7,18,20-23H2,1-4H3. The summed E-state index contributed by atoms with van der Waals surface area (Å²) in [5, 5.41) is 0. The highest BCUT2D eigenvalue weighted by Gasteiger charge is 2.33. The second-order valence-electron chi connectivity index (χ2n) is 10.4. The van der Waals surface area contributed by atoms with Crippen molar-refractivity contribution >= 4 is 11.8 Å². The second-order valence-corrected chi connectivity index (χ2v) is 10.4. The molecule has 202 valence electrons. The lowest BCUT2D eigenvalue weighted by molar-refractivity contribution is -0.134. The van der Waals surface area contributed by atoms with Crippen LogP contribution in [-0.4, -0.2) is 52.4 Å². The highest BCUT2D eigenvalue weighted by atomic mass is 16.5. The van der Waals surface area contributed by atoms with Gasteiger partial charge in [0.25, 0.3) is 5.91 Å². The van der Waals surface area contributed by atoms with Crippen molar-refractivity contribution in [1.29, 1.82) is 0 Å². The fourth-order valence-electron chi connectivity index (χ4n) is 5.05. The molecule has 1 unspecified atom stereocenters. The molecule has 2 amide bonds. The molecule has 0 aliphatic carbocycles. The van der Waals surface area contributed by atoms with Gasteiger partial charge in [-0.3, -0.25) is 9.59 Å². The lowest BCUT2D eigenvalue weighted by Crippen LogP contribution is -2.48. The lowest BCUT2D eigenvalue weighted by Gasteiger charge is -2.38. The van der Waals surface area contributed by atoms with Crippen LogP contribution in [0.3, 0.4) is 0 Å². The van der Waals surface area contributed by atoms with E-state index in [9.17, 15) is 9.59 Å². The molecular weight excluding hydrogens is 474 g/mol. The fraction of sp³-hybridized carbons (Fsp3) is 0.438. The third-order valence-corrected chi connectivity index (χ3v) is 7.25. The minimum absolute atomic E-state index is 0.0308. The molecule has 1 aliphatic heterocycles. The lowest BCUT2D eigenvalue weighted by atomic mass is 9.95. The van der Waals surface area contributed by atoms with Gasteiger partial charge in [0.05, 0.1) is 12.6 Å². The van der Waals surface area contributed by atoms with Gasteiger partial charge in [0, 0.05) is 37.1 Å². The van der Waals surface area contributed by atoms with E-state index in [4.69, 9.17) is 4.74 Å². The number of fused-ring (bicyclic) bond motifs is 1. The highest BCUT2D eigenvalue weighted by molar-refractivity contribution is 5.96. The van der Waals surface area contributed by atoms with Crippen LogP contribution in [0.5, 0.6) is 5.75 Å². The first kappa shape index (κ1) is 27.5. The van der Waals surface area contributed by atoms with E-state index < -0.39 is 0 Å². The van der Waals surface area contributed by atoms with E-state index in [0.29, 0.717) is 31.2 Å². The molecule has 2 heterocycles. The molecule has 6 nitrogen and oxygen atoms in total. The number of rotatable bonds is 11. The van der Waals surface area contributed by atoms with Crippen LogP contribution in [0.25, 0.3) is 0 Å². The highest BCUT2D eigenvalue weighted by Crippen LogP contribution is 2.33. The monoisotopic (exact) mass is 515 g/mol. The number of hydrogen-bond donors (Lipinski definition) is 0. The van der Waals surface area contributed by atoms with Gasteiger partial charge >= 0.3 is 0 Å². The molecule has 4 rings (SSSR count). The minimum atomic E-state index is -0.175. The molecule has 38 heavy (non-hydrogen) atoms. The van der Waals surface area contributed by atoms with Gasteiger partial charge in [-0.05, 0) is 66.3 Å². The van der Waals surface area contributed by atoms with Crippen molar-refractivity contribution in [2.24, 2.45) is 0 Å². The van der Waals surface area contributed by atoms with Crippen LogP contribution in [-0.2, 0) is 11.3 Å². The van der Waals surface area contributed by atoms with Crippen molar-refractivity contribution in [2.45, 2.75) is 65.5 Å². The normalized spacial score (nSPS) is 14.9. The molecule has 0 N–H and O–H groups in total. The Hall–Kier alpha value is -3.54. The molecular formula is C32H41N3O3. The summed E-state index contributed by atoms with van der Waals surface area (Å²) in [4.78, 5) is 30.9. The predicted octanol–water partition coefficient (Wildman–Crippen LogP) is 6.27. The van der Waals surface area contributed by atoms with Crippen molar-refractivity contribution in [3.05, 3.63) is 89.2 Å². The third-order valence-electron chi connectivity index (χ3n) is 7.25. The van der Waals surface area contributed by atoms with Crippen molar-refractivity contribution in [1.82, 2.24) is 14.4 Å². The van der Waals surface area contributed by atoms with E-state index in [1.54, 1.807) is 17.0 Å². The molecule has 1 aromatic heterocycles. The SMILES string of the molecule is CCCCOc1ccc(C(=O)N(CCC)CC(=O)N2CCn3cccc3C2c2ccc(C(C)C)cc2)cc1.